The highest BCUT2D eigenvalue weighted by atomic mass is 16.5. The van der Waals surface area contributed by atoms with Crippen molar-refractivity contribution in [2.24, 2.45) is 5.92 Å². The summed E-state index contributed by atoms with van der Waals surface area (Å²) in [7, 11) is 1.53. The molecule has 1 atom stereocenters. The Kier molecular flexibility index (Phi) is 5.65. The highest BCUT2D eigenvalue weighted by Crippen LogP contribution is 2.28. The molecule has 4 nitrogen and oxygen atoms in total. The predicted octanol–water partition coefficient (Wildman–Crippen LogP) is 0.954. The summed E-state index contributed by atoms with van der Waals surface area (Å²) >= 11 is 0. The Balaban J connectivity index is 1.84. The Morgan fingerprint density at radius 1 is 1.53 bits per heavy atom. The maximum atomic E-state index is 11.2. The van der Waals surface area contributed by atoms with Gasteiger partial charge in [0, 0.05) is 26.9 Å². The molecule has 1 fully saturated rings. The molecule has 1 unspecified atom stereocenters. The summed E-state index contributed by atoms with van der Waals surface area (Å²) in [6.07, 6.45) is 3.15. The summed E-state index contributed by atoms with van der Waals surface area (Å²) in [5, 5.41) is 2.79. The second-order valence-corrected chi connectivity index (χ2v) is 4.04. The average Bonchev–Trinajstić information content (AvgIpc) is 3.05. The van der Waals surface area contributed by atoms with E-state index in [4.69, 9.17) is 9.47 Å². The Morgan fingerprint density at radius 2 is 2.27 bits per heavy atom. The molecule has 1 aliphatic rings. The monoisotopic (exact) mass is 215 g/mol. The van der Waals surface area contributed by atoms with Crippen molar-refractivity contribution in [1.29, 1.82) is 0 Å². The number of carbonyl (C=O) groups is 1. The lowest BCUT2D eigenvalue weighted by molar-refractivity contribution is -0.130. The first-order valence-electron chi connectivity index (χ1n) is 5.62. The minimum Gasteiger partial charge on any atom is -0.381 e. The van der Waals surface area contributed by atoms with Gasteiger partial charge >= 0.3 is 0 Å². The van der Waals surface area contributed by atoms with Gasteiger partial charge < -0.3 is 14.8 Å². The van der Waals surface area contributed by atoms with Crippen LogP contribution in [-0.4, -0.2) is 38.9 Å². The number of ether oxygens (including phenoxy) is 2. The van der Waals surface area contributed by atoms with E-state index in [0.717, 1.165) is 25.6 Å². The van der Waals surface area contributed by atoms with Crippen LogP contribution < -0.4 is 5.32 Å². The van der Waals surface area contributed by atoms with Crippen molar-refractivity contribution in [2.45, 2.75) is 32.3 Å². The minimum absolute atomic E-state index is 0.0558. The van der Waals surface area contributed by atoms with Crippen LogP contribution in [0.4, 0.5) is 0 Å². The number of amides is 1. The Hall–Kier alpha value is -0.610. The number of nitrogens with one attached hydrogen (secondary N) is 1. The van der Waals surface area contributed by atoms with E-state index >= 15 is 0 Å². The van der Waals surface area contributed by atoms with Gasteiger partial charge in [-0.3, -0.25) is 4.79 Å². The number of rotatable bonds is 8. The Morgan fingerprint density at radius 3 is 2.87 bits per heavy atom. The molecule has 1 N–H and O–H groups in total. The molecule has 0 heterocycles. The maximum absolute atomic E-state index is 11.2. The van der Waals surface area contributed by atoms with Crippen molar-refractivity contribution in [2.75, 3.05) is 26.9 Å². The third-order valence-corrected chi connectivity index (χ3v) is 2.54. The van der Waals surface area contributed by atoms with Crippen LogP contribution in [0.2, 0.25) is 0 Å². The lowest BCUT2D eigenvalue weighted by Crippen LogP contribution is -2.34. The molecule has 0 aromatic rings. The van der Waals surface area contributed by atoms with Crippen LogP contribution in [0.25, 0.3) is 0 Å². The molecule has 0 aromatic heterocycles. The second kappa shape index (κ2) is 6.80. The molecule has 1 rings (SSSR count). The molecular weight excluding hydrogens is 194 g/mol. The molecule has 0 spiro atoms. The van der Waals surface area contributed by atoms with Crippen molar-refractivity contribution < 1.29 is 14.3 Å². The van der Waals surface area contributed by atoms with Crippen molar-refractivity contribution in [3.8, 4) is 0 Å². The standard InChI is InChI=1S/C11H21NO3/c1-9(14-2)11(13)12-6-3-7-15-8-10-4-5-10/h9-10H,3-8H2,1-2H3,(H,12,13). The molecule has 0 radical (unpaired) electrons. The third kappa shape index (κ3) is 5.74. The maximum Gasteiger partial charge on any atom is 0.248 e. The summed E-state index contributed by atoms with van der Waals surface area (Å²) in [5.41, 5.74) is 0. The van der Waals surface area contributed by atoms with Crippen molar-refractivity contribution in [3.05, 3.63) is 0 Å². The average molecular weight is 215 g/mol. The Labute approximate surface area is 91.3 Å². The molecule has 0 aromatic carbocycles. The van der Waals surface area contributed by atoms with Crippen LogP contribution in [0.15, 0.2) is 0 Å². The smallest absolute Gasteiger partial charge is 0.248 e. The van der Waals surface area contributed by atoms with Crippen LogP contribution in [-0.2, 0) is 14.3 Å². The van der Waals surface area contributed by atoms with E-state index in [1.54, 1.807) is 6.92 Å². The van der Waals surface area contributed by atoms with Crippen LogP contribution >= 0.6 is 0 Å². The topological polar surface area (TPSA) is 47.6 Å². The zero-order valence-corrected chi connectivity index (χ0v) is 9.62. The normalized spacial score (nSPS) is 17.5. The molecule has 0 aliphatic heterocycles. The van der Waals surface area contributed by atoms with Gasteiger partial charge in [-0.1, -0.05) is 0 Å². The van der Waals surface area contributed by atoms with Gasteiger partial charge in [-0.15, -0.1) is 0 Å². The van der Waals surface area contributed by atoms with Crippen molar-refractivity contribution >= 4 is 5.91 Å². The Bertz CT molecular complexity index is 192. The third-order valence-electron chi connectivity index (χ3n) is 2.54. The van der Waals surface area contributed by atoms with Crippen LogP contribution in [0.5, 0.6) is 0 Å². The fraction of sp³-hybridized carbons (Fsp3) is 0.909. The highest BCUT2D eigenvalue weighted by molar-refractivity contribution is 5.80. The number of carbonyl (C=O) groups excluding carboxylic acids is 1. The number of hydrogen-bond acceptors (Lipinski definition) is 3. The molecule has 88 valence electrons. The summed E-state index contributed by atoms with van der Waals surface area (Å²) in [5.74, 6) is 0.757. The predicted molar refractivity (Wildman–Crippen MR) is 57.6 cm³/mol. The van der Waals surface area contributed by atoms with Gasteiger partial charge in [0.05, 0.1) is 0 Å². The molecule has 1 saturated carbocycles. The van der Waals surface area contributed by atoms with Gasteiger partial charge in [-0.2, -0.15) is 0 Å². The molecule has 0 bridgehead atoms. The van der Waals surface area contributed by atoms with Gasteiger partial charge in [-0.05, 0) is 32.1 Å². The van der Waals surface area contributed by atoms with Gasteiger partial charge in [0.25, 0.3) is 0 Å². The summed E-state index contributed by atoms with van der Waals surface area (Å²) in [6.45, 7) is 4.02. The van der Waals surface area contributed by atoms with Gasteiger partial charge in [-0.25, -0.2) is 0 Å². The molecule has 1 amide bonds. The lowest BCUT2D eigenvalue weighted by Gasteiger charge is -2.10. The summed E-state index contributed by atoms with van der Waals surface area (Å²) < 4.78 is 10.3. The van der Waals surface area contributed by atoms with Crippen molar-refractivity contribution in [3.63, 3.8) is 0 Å². The molecule has 15 heavy (non-hydrogen) atoms. The van der Waals surface area contributed by atoms with Crippen LogP contribution in [0.3, 0.4) is 0 Å². The largest absolute Gasteiger partial charge is 0.381 e. The van der Waals surface area contributed by atoms with E-state index in [9.17, 15) is 4.79 Å². The van der Waals surface area contributed by atoms with Crippen molar-refractivity contribution in [1.82, 2.24) is 5.32 Å². The molecule has 4 heteroatoms. The first-order chi connectivity index (χ1) is 7.24. The summed E-state index contributed by atoms with van der Waals surface area (Å²) in [6, 6.07) is 0. The highest BCUT2D eigenvalue weighted by Gasteiger charge is 2.20. The fourth-order valence-corrected chi connectivity index (χ4v) is 1.17. The first kappa shape index (κ1) is 12.5. The summed E-state index contributed by atoms with van der Waals surface area (Å²) in [4.78, 5) is 11.2. The minimum atomic E-state index is -0.364. The second-order valence-electron chi connectivity index (χ2n) is 4.04. The molecule has 0 saturated heterocycles. The number of methoxy groups -OCH3 is 1. The number of hydrogen-bond donors (Lipinski definition) is 1. The van der Waals surface area contributed by atoms with Gasteiger partial charge in [0.15, 0.2) is 0 Å². The fourth-order valence-electron chi connectivity index (χ4n) is 1.17. The molecule has 1 aliphatic carbocycles. The van der Waals surface area contributed by atoms with Gasteiger partial charge in [0.2, 0.25) is 5.91 Å². The lowest BCUT2D eigenvalue weighted by atomic mass is 10.3. The van der Waals surface area contributed by atoms with E-state index in [2.05, 4.69) is 5.32 Å². The zero-order chi connectivity index (χ0) is 11.1. The van der Waals surface area contributed by atoms with E-state index < -0.39 is 0 Å². The van der Waals surface area contributed by atoms with Gasteiger partial charge in [0.1, 0.15) is 6.10 Å². The quantitative estimate of drug-likeness (QED) is 0.613. The van der Waals surface area contributed by atoms with E-state index in [0.29, 0.717) is 6.54 Å². The first-order valence-corrected chi connectivity index (χ1v) is 5.62. The van der Waals surface area contributed by atoms with E-state index in [1.165, 1.54) is 20.0 Å². The SMILES string of the molecule is COC(C)C(=O)NCCCOCC1CC1. The van der Waals surface area contributed by atoms with Crippen LogP contribution in [0, 0.1) is 5.92 Å². The van der Waals surface area contributed by atoms with Crippen LogP contribution in [0.1, 0.15) is 26.2 Å². The zero-order valence-electron chi connectivity index (χ0n) is 9.62. The van der Waals surface area contributed by atoms with E-state index in [-0.39, 0.29) is 12.0 Å². The molecular formula is C11H21NO3. The van der Waals surface area contributed by atoms with E-state index in [1.807, 2.05) is 0 Å².